The van der Waals surface area contributed by atoms with Gasteiger partial charge in [-0.2, -0.15) is 0 Å². The normalized spacial score (nSPS) is 24.5. The fraction of sp³-hybridized carbons (Fsp3) is 0.588. The van der Waals surface area contributed by atoms with Crippen molar-refractivity contribution in [2.75, 3.05) is 40.6 Å². The van der Waals surface area contributed by atoms with Crippen LogP contribution in [-0.2, 0) is 14.3 Å². The third-order valence-electron chi connectivity index (χ3n) is 4.42. The fourth-order valence-electron chi connectivity index (χ4n) is 3.25. The summed E-state index contributed by atoms with van der Waals surface area (Å²) in [4.78, 5) is 14.6. The summed E-state index contributed by atoms with van der Waals surface area (Å²) in [5.41, 5.74) is 1.06. The maximum atomic E-state index is 12.7. The molecule has 0 saturated carbocycles. The number of rotatable bonds is 4. The molecular formula is C17H23NO5. The van der Waals surface area contributed by atoms with Crippen LogP contribution >= 0.6 is 0 Å². The SMILES string of the molecule is COc1ccc([C@@H]2CCCN2C(=O)[C@H]2COCCO2)cc1OC. The van der Waals surface area contributed by atoms with E-state index < -0.39 is 6.10 Å². The molecule has 0 aromatic heterocycles. The standard InChI is InChI=1S/C17H23NO5/c1-20-14-6-5-12(10-15(14)21-2)13-4-3-7-18(13)17(19)16-11-22-8-9-23-16/h5-6,10,13,16H,3-4,7-9,11H2,1-2H3/t13-,16+/m0/s1. The number of hydrogen-bond acceptors (Lipinski definition) is 5. The summed E-state index contributed by atoms with van der Waals surface area (Å²) in [6.07, 6.45) is 1.44. The molecule has 0 N–H and O–H groups in total. The molecule has 1 amide bonds. The minimum atomic E-state index is -0.482. The van der Waals surface area contributed by atoms with Crippen molar-refractivity contribution in [1.29, 1.82) is 0 Å². The highest BCUT2D eigenvalue weighted by atomic mass is 16.6. The van der Waals surface area contributed by atoms with Gasteiger partial charge in [0.15, 0.2) is 17.6 Å². The van der Waals surface area contributed by atoms with Crippen molar-refractivity contribution in [3.63, 3.8) is 0 Å². The van der Waals surface area contributed by atoms with Gasteiger partial charge in [0.1, 0.15) is 0 Å². The lowest BCUT2D eigenvalue weighted by molar-refractivity contribution is -0.158. The molecule has 6 heteroatoms. The van der Waals surface area contributed by atoms with E-state index >= 15 is 0 Å². The highest BCUT2D eigenvalue weighted by molar-refractivity contribution is 5.82. The van der Waals surface area contributed by atoms with E-state index in [9.17, 15) is 4.79 Å². The van der Waals surface area contributed by atoms with Crippen molar-refractivity contribution >= 4 is 5.91 Å². The minimum Gasteiger partial charge on any atom is -0.493 e. The summed E-state index contributed by atoms with van der Waals surface area (Å²) in [5.74, 6) is 1.39. The second-order valence-corrected chi connectivity index (χ2v) is 5.74. The molecule has 0 radical (unpaired) electrons. The molecule has 6 nitrogen and oxygen atoms in total. The van der Waals surface area contributed by atoms with Crippen molar-refractivity contribution in [2.45, 2.75) is 25.0 Å². The summed E-state index contributed by atoms with van der Waals surface area (Å²) < 4.78 is 21.6. The van der Waals surface area contributed by atoms with Gasteiger partial charge in [-0.15, -0.1) is 0 Å². The van der Waals surface area contributed by atoms with Gasteiger partial charge in [-0.1, -0.05) is 6.07 Å². The molecule has 2 atom stereocenters. The highest BCUT2D eigenvalue weighted by Crippen LogP contribution is 2.37. The first kappa shape index (κ1) is 16.1. The Morgan fingerprint density at radius 2 is 2.04 bits per heavy atom. The van der Waals surface area contributed by atoms with Gasteiger partial charge >= 0.3 is 0 Å². The molecule has 0 aliphatic carbocycles. The van der Waals surface area contributed by atoms with Crippen LogP contribution in [0.2, 0.25) is 0 Å². The van der Waals surface area contributed by atoms with Crippen molar-refractivity contribution in [2.24, 2.45) is 0 Å². The predicted molar refractivity (Wildman–Crippen MR) is 83.8 cm³/mol. The number of hydrogen-bond donors (Lipinski definition) is 0. The van der Waals surface area contributed by atoms with Crippen LogP contribution in [0.1, 0.15) is 24.4 Å². The number of benzene rings is 1. The molecule has 2 fully saturated rings. The predicted octanol–water partition coefficient (Wildman–Crippen LogP) is 1.78. The van der Waals surface area contributed by atoms with E-state index in [1.165, 1.54) is 0 Å². The van der Waals surface area contributed by atoms with E-state index in [1.807, 2.05) is 23.1 Å². The summed E-state index contributed by atoms with van der Waals surface area (Å²) in [7, 11) is 3.23. The second kappa shape index (κ2) is 7.19. The minimum absolute atomic E-state index is 0.0157. The lowest BCUT2D eigenvalue weighted by Crippen LogP contribution is -2.45. The Hall–Kier alpha value is -1.79. The number of ether oxygens (including phenoxy) is 4. The van der Waals surface area contributed by atoms with Gasteiger partial charge in [-0.05, 0) is 30.5 Å². The van der Waals surface area contributed by atoms with Crippen molar-refractivity contribution < 1.29 is 23.7 Å². The quantitative estimate of drug-likeness (QED) is 0.846. The third kappa shape index (κ3) is 3.28. The largest absolute Gasteiger partial charge is 0.493 e. The lowest BCUT2D eigenvalue weighted by atomic mass is 10.0. The monoisotopic (exact) mass is 321 g/mol. The Labute approximate surface area is 136 Å². The first-order chi connectivity index (χ1) is 11.2. The molecule has 2 saturated heterocycles. The maximum Gasteiger partial charge on any atom is 0.254 e. The molecule has 23 heavy (non-hydrogen) atoms. The summed E-state index contributed by atoms with van der Waals surface area (Å²) >= 11 is 0. The van der Waals surface area contributed by atoms with Gasteiger partial charge in [0.05, 0.1) is 40.1 Å². The number of carbonyl (C=O) groups is 1. The molecule has 126 valence electrons. The third-order valence-corrected chi connectivity index (χ3v) is 4.42. The zero-order valence-corrected chi connectivity index (χ0v) is 13.6. The Morgan fingerprint density at radius 1 is 1.22 bits per heavy atom. The number of methoxy groups -OCH3 is 2. The van der Waals surface area contributed by atoms with E-state index in [-0.39, 0.29) is 11.9 Å². The van der Waals surface area contributed by atoms with Gasteiger partial charge < -0.3 is 23.8 Å². The molecule has 2 heterocycles. The van der Waals surface area contributed by atoms with E-state index in [4.69, 9.17) is 18.9 Å². The van der Waals surface area contributed by atoms with Crippen LogP contribution < -0.4 is 9.47 Å². The molecule has 2 aliphatic rings. The number of nitrogens with zero attached hydrogens (tertiary/aromatic N) is 1. The summed E-state index contributed by atoms with van der Waals surface area (Å²) in [5, 5.41) is 0. The van der Waals surface area contributed by atoms with E-state index in [0.717, 1.165) is 24.9 Å². The zero-order chi connectivity index (χ0) is 16.2. The molecule has 1 aromatic rings. The molecule has 1 aromatic carbocycles. The second-order valence-electron chi connectivity index (χ2n) is 5.74. The van der Waals surface area contributed by atoms with Gasteiger partial charge in [0, 0.05) is 6.54 Å². The average Bonchev–Trinajstić information content (AvgIpc) is 3.10. The average molecular weight is 321 g/mol. The zero-order valence-electron chi connectivity index (χ0n) is 13.6. The smallest absolute Gasteiger partial charge is 0.254 e. The Kier molecular flexibility index (Phi) is 5.03. The van der Waals surface area contributed by atoms with Crippen LogP contribution in [0, 0.1) is 0 Å². The Morgan fingerprint density at radius 3 is 2.74 bits per heavy atom. The van der Waals surface area contributed by atoms with Crippen molar-refractivity contribution in [1.82, 2.24) is 4.90 Å². The van der Waals surface area contributed by atoms with Crippen molar-refractivity contribution in [3.05, 3.63) is 23.8 Å². The Balaban J connectivity index is 1.79. The fourth-order valence-corrected chi connectivity index (χ4v) is 3.25. The van der Waals surface area contributed by atoms with Crippen LogP contribution in [0.4, 0.5) is 0 Å². The first-order valence-electron chi connectivity index (χ1n) is 7.96. The molecular weight excluding hydrogens is 298 g/mol. The number of carbonyl (C=O) groups excluding carboxylic acids is 1. The number of likely N-dealkylation sites (tertiary alicyclic amines) is 1. The van der Waals surface area contributed by atoms with Gasteiger partial charge in [0.25, 0.3) is 5.91 Å². The van der Waals surface area contributed by atoms with Crippen molar-refractivity contribution in [3.8, 4) is 11.5 Å². The van der Waals surface area contributed by atoms with Gasteiger partial charge in [0.2, 0.25) is 0 Å². The van der Waals surface area contributed by atoms with E-state index in [2.05, 4.69) is 0 Å². The van der Waals surface area contributed by atoms with Gasteiger partial charge in [-0.3, -0.25) is 4.79 Å². The van der Waals surface area contributed by atoms with Gasteiger partial charge in [-0.25, -0.2) is 0 Å². The Bertz CT molecular complexity index is 556. The highest BCUT2D eigenvalue weighted by Gasteiger charge is 2.35. The molecule has 0 spiro atoms. The van der Waals surface area contributed by atoms with Crippen LogP contribution in [0.3, 0.4) is 0 Å². The maximum absolute atomic E-state index is 12.7. The lowest BCUT2D eigenvalue weighted by Gasteiger charge is -2.31. The summed E-state index contributed by atoms with van der Waals surface area (Å²) in [6.45, 7) is 2.12. The van der Waals surface area contributed by atoms with Crippen LogP contribution in [-0.4, -0.2) is 57.5 Å². The first-order valence-corrected chi connectivity index (χ1v) is 7.96. The molecule has 0 bridgehead atoms. The molecule has 3 rings (SSSR count). The molecule has 2 aliphatic heterocycles. The summed E-state index contributed by atoms with van der Waals surface area (Å²) in [6, 6.07) is 5.88. The van der Waals surface area contributed by atoms with Crippen LogP contribution in [0.5, 0.6) is 11.5 Å². The van der Waals surface area contributed by atoms with E-state index in [0.29, 0.717) is 31.3 Å². The van der Waals surface area contributed by atoms with Crippen LogP contribution in [0.15, 0.2) is 18.2 Å². The molecule has 0 unspecified atom stereocenters. The van der Waals surface area contributed by atoms with E-state index in [1.54, 1.807) is 14.2 Å². The number of amides is 1. The van der Waals surface area contributed by atoms with Crippen LogP contribution in [0.25, 0.3) is 0 Å². The topological polar surface area (TPSA) is 57.2 Å².